The topological polar surface area (TPSA) is 45.1 Å². The van der Waals surface area contributed by atoms with E-state index >= 15 is 0 Å². The highest BCUT2D eigenvalue weighted by Gasteiger charge is 2.23. The van der Waals surface area contributed by atoms with E-state index in [1.165, 1.54) is 30.4 Å². The molecule has 0 saturated heterocycles. The highest BCUT2D eigenvalue weighted by molar-refractivity contribution is 5.62. The lowest BCUT2D eigenvalue weighted by Gasteiger charge is -2.31. The van der Waals surface area contributed by atoms with E-state index in [-0.39, 0.29) is 0 Å². The molecule has 0 radical (unpaired) electrons. The molecule has 2 N–H and O–H groups in total. The van der Waals surface area contributed by atoms with Crippen molar-refractivity contribution in [3.05, 3.63) is 54.4 Å². The molecule has 1 aromatic carbocycles. The first kappa shape index (κ1) is 15.2. The number of aliphatic hydroxyl groups excluding tert-OH is 1. The third-order valence-electron chi connectivity index (χ3n) is 4.63. The lowest BCUT2D eigenvalue weighted by Crippen LogP contribution is -2.39. The van der Waals surface area contributed by atoms with E-state index in [9.17, 15) is 5.11 Å². The van der Waals surface area contributed by atoms with Gasteiger partial charge in [-0.2, -0.15) is 0 Å². The Morgan fingerprint density at radius 1 is 1.09 bits per heavy atom. The largest absolute Gasteiger partial charge is 0.396 e. The average Bonchev–Trinajstić information content (AvgIpc) is 2.61. The van der Waals surface area contributed by atoms with Crippen molar-refractivity contribution < 1.29 is 5.11 Å². The second-order valence-corrected chi connectivity index (χ2v) is 6.16. The molecule has 1 fully saturated rings. The van der Waals surface area contributed by atoms with Gasteiger partial charge in [0.05, 0.1) is 0 Å². The third kappa shape index (κ3) is 3.73. The van der Waals surface area contributed by atoms with Gasteiger partial charge in [0.25, 0.3) is 0 Å². The molecular formula is C19H24N2O. The Bertz CT molecular complexity index is 585. The molecule has 0 amide bonds. The number of hydrogen-bond acceptors (Lipinski definition) is 3. The lowest BCUT2D eigenvalue weighted by atomic mass is 9.85. The molecule has 1 aliphatic carbocycles. The lowest BCUT2D eigenvalue weighted by molar-refractivity contribution is 0.152. The monoisotopic (exact) mass is 296 g/mol. The van der Waals surface area contributed by atoms with Gasteiger partial charge in [0.15, 0.2) is 0 Å². The number of nitrogens with one attached hydrogen (secondary N) is 1. The molecule has 1 saturated carbocycles. The number of benzene rings is 1. The first-order valence-corrected chi connectivity index (χ1v) is 8.20. The second-order valence-electron chi connectivity index (χ2n) is 6.16. The van der Waals surface area contributed by atoms with Crippen LogP contribution in [0.25, 0.3) is 11.1 Å². The molecule has 2 atom stereocenters. The number of aliphatic hydroxyl groups is 1. The normalized spacial score (nSPS) is 21.7. The highest BCUT2D eigenvalue weighted by Crippen LogP contribution is 2.25. The van der Waals surface area contributed by atoms with Gasteiger partial charge in [-0.1, -0.05) is 37.1 Å². The van der Waals surface area contributed by atoms with Crippen LogP contribution in [0.4, 0.5) is 0 Å². The fourth-order valence-corrected chi connectivity index (χ4v) is 3.34. The van der Waals surface area contributed by atoms with E-state index in [0.717, 1.165) is 18.5 Å². The molecule has 3 rings (SSSR count). The summed E-state index contributed by atoms with van der Waals surface area (Å²) in [6, 6.07) is 13.1. The molecule has 1 aliphatic rings. The average molecular weight is 296 g/mol. The Kier molecular flexibility index (Phi) is 5.20. The van der Waals surface area contributed by atoms with Crippen molar-refractivity contribution in [3.63, 3.8) is 0 Å². The van der Waals surface area contributed by atoms with Crippen molar-refractivity contribution in [3.8, 4) is 11.1 Å². The van der Waals surface area contributed by atoms with E-state index < -0.39 is 0 Å². The van der Waals surface area contributed by atoms with Crippen LogP contribution in [0, 0.1) is 5.92 Å². The predicted molar refractivity (Wildman–Crippen MR) is 89.3 cm³/mol. The van der Waals surface area contributed by atoms with Gasteiger partial charge in [0, 0.05) is 31.6 Å². The summed E-state index contributed by atoms with van der Waals surface area (Å²) < 4.78 is 0. The molecule has 22 heavy (non-hydrogen) atoms. The van der Waals surface area contributed by atoms with Crippen LogP contribution in [0.3, 0.4) is 0 Å². The van der Waals surface area contributed by atoms with Crippen LogP contribution in [0.5, 0.6) is 0 Å². The van der Waals surface area contributed by atoms with E-state index in [0.29, 0.717) is 18.6 Å². The molecular weight excluding hydrogens is 272 g/mol. The van der Waals surface area contributed by atoms with Crippen molar-refractivity contribution in [1.29, 1.82) is 0 Å². The maximum Gasteiger partial charge on any atom is 0.0474 e. The summed E-state index contributed by atoms with van der Waals surface area (Å²) in [5.74, 6) is 0.412. The standard InChI is InChI=1S/C19H24N2O/c22-14-18-6-1-2-9-19(18)21-12-15-5-3-7-16(11-15)17-8-4-10-20-13-17/h3-5,7-8,10-11,13,18-19,21-22H,1-2,6,9,12,14H2. The Morgan fingerprint density at radius 3 is 2.77 bits per heavy atom. The predicted octanol–water partition coefficient (Wildman–Crippen LogP) is 3.39. The van der Waals surface area contributed by atoms with Crippen molar-refractivity contribution in [2.24, 2.45) is 5.92 Å². The summed E-state index contributed by atoms with van der Waals surface area (Å²) in [6.07, 6.45) is 8.53. The molecule has 0 spiro atoms. The van der Waals surface area contributed by atoms with Crippen molar-refractivity contribution in [2.75, 3.05) is 6.61 Å². The number of aromatic nitrogens is 1. The molecule has 3 heteroatoms. The number of pyridine rings is 1. The van der Waals surface area contributed by atoms with Gasteiger partial charge < -0.3 is 10.4 Å². The number of nitrogens with zero attached hydrogens (tertiary/aromatic N) is 1. The second kappa shape index (κ2) is 7.52. The Labute approximate surface area is 132 Å². The quantitative estimate of drug-likeness (QED) is 0.889. The molecule has 3 nitrogen and oxygen atoms in total. The Balaban J connectivity index is 1.66. The van der Waals surface area contributed by atoms with Crippen LogP contribution in [0.2, 0.25) is 0 Å². The van der Waals surface area contributed by atoms with E-state index in [4.69, 9.17) is 0 Å². The zero-order valence-corrected chi connectivity index (χ0v) is 12.9. The van der Waals surface area contributed by atoms with E-state index in [1.54, 1.807) is 6.20 Å². The van der Waals surface area contributed by atoms with Crippen LogP contribution >= 0.6 is 0 Å². The van der Waals surface area contributed by atoms with Crippen molar-refractivity contribution in [1.82, 2.24) is 10.3 Å². The van der Waals surface area contributed by atoms with Gasteiger partial charge in [-0.05, 0) is 47.6 Å². The maximum atomic E-state index is 9.50. The molecule has 1 aromatic heterocycles. The minimum atomic E-state index is 0.299. The summed E-state index contributed by atoms with van der Waals surface area (Å²) in [5, 5.41) is 13.1. The molecule has 2 aromatic rings. The highest BCUT2D eigenvalue weighted by atomic mass is 16.3. The zero-order valence-electron chi connectivity index (χ0n) is 12.9. The number of rotatable bonds is 5. The van der Waals surface area contributed by atoms with Gasteiger partial charge in [-0.3, -0.25) is 4.98 Å². The molecule has 0 bridgehead atoms. The Morgan fingerprint density at radius 2 is 1.95 bits per heavy atom. The van der Waals surface area contributed by atoms with Crippen LogP contribution in [0.1, 0.15) is 31.2 Å². The first-order chi connectivity index (χ1) is 10.9. The van der Waals surface area contributed by atoms with Crippen LogP contribution in [-0.2, 0) is 6.54 Å². The van der Waals surface area contributed by atoms with Gasteiger partial charge in [0.2, 0.25) is 0 Å². The Hall–Kier alpha value is -1.71. The summed E-state index contributed by atoms with van der Waals surface area (Å²) in [5.41, 5.74) is 3.63. The maximum absolute atomic E-state index is 9.50. The summed E-state index contributed by atoms with van der Waals surface area (Å²) in [4.78, 5) is 4.19. The van der Waals surface area contributed by atoms with Gasteiger partial charge in [-0.25, -0.2) is 0 Å². The van der Waals surface area contributed by atoms with Crippen LogP contribution < -0.4 is 5.32 Å². The molecule has 116 valence electrons. The van der Waals surface area contributed by atoms with E-state index in [1.807, 2.05) is 12.3 Å². The summed E-state index contributed by atoms with van der Waals surface area (Å²) in [6.45, 7) is 1.16. The van der Waals surface area contributed by atoms with Crippen molar-refractivity contribution in [2.45, 2.75) is 38.3 Å². The summed E-state index contributed by atoms with van der Waals surface area (Å²) >= 11 is 0. The molecule has 0 aliphatic heterocycles. The number of hydrogen-bond donors (Lipinski definition) is 2. The van der Waals surface area contributed by atoms with Crippen molar-refractivity contribution >= 4 is 0 Å². The summed E-state index contributed by atoms with van der Waals surface area (Å²) in [7, 11) is 0. The zero-order chi connectivity index (χ0) is 15.2. The fourth-order valence-electron chi connectivity index (χ4n) is 3.34. The van der Waals surface area contributed by atoms with Crippen LogP contribution in [0.15, 0.2) is 48.8 Å². The van der Waals surface area contributed by atoms with Gasteiger partial charge >= 0.3 is 0 Å². The third-order valence-corrected chi connectivity index (χ3v) is 4.63. The van der Waals surface area contributed by atoms with Crippen LogP contribution in [-0.4, -0.2) is 22.7 Å². The van der Waals surface area contributed by atoms with Gasteiger partial charge in [-0.15, -0.1) is 0 Å². The van der Waals surface area contributed by atoms with E-state index in [2.05, 4.69) is 40.6 Å². The minimum absolute atomic E-state index is 0.299. The fraction of sp³-hybridized carbons (Fsp3) is 0.421. The molecule has 2 unspecified atom stereocenters. The van der Waals surface area contributed by atoms with Gasteiger partial charge in [0.1, 0.15) is 0 Å². The first-order valence-electron chi connectivity index (χ1n) is 8.20. The SMILES string of the molecule is OCC1CCCCC1NCc1cccc(-c2cccnc2)c1. The minimum Gasteiger partial charge on any atom is -0.396 e. The smallest absolute Gasteiger partial charge is 0.0474 e. The molecule has 1 heterocycles.